The third-order valence-corrected chi connectivity index (χ3v) is 3.93. The van der Waals surface area contributed by atoms with Crippen LogP contribution in [0.25, 0.3) is 10.9 Å². The van der Waals surface area contributed by atoms with Crippen molar-refractivity contribution in [3.63, 3.8) is 0 Å². The molecule has 2 aromatic rings. The third kappa shape index (κ3) is 2.22. The summed E-state index contributed by atoms with van der Waals surface area (Å²) in [5.41, 5.74) is 1.48. The van der Waals surface area contributed by atoms with Gasteiger partial charge in [0, 0.05) is 22.7 Å². The molecule has 1 fully saturated rings. The van der Waals surface area contributed by atoms with Crippen LogP contribution in [0.1, 0.15) is 30.6 Å². The fourth-order valence-electron chi connectivity index (χ4n) is 2.46. The van der Waals surface area contributed by atoms with Gasteiger partial charge in [0.1, 0.15) is 0 Å². The molecule has 0 bridgehead atoms. The maximum absolute atomic E-state index is 12.4. The van der Waals surface area contributed by atoms with E-state index < -0.39 is 6.10 Å². The highest BCUT2D eigenvalue weighted by atomic mass is 16.5. The molecule has 4 heteroatoms. The Hall–Kier alpha value is -2.10. The fourth-order valence-corrected chi connectivity index (χ4v) is 2.46. The highest BCUT2D eigenvalue weighted by molar-refractivity contribution is 6.10. The number of aromatic amines is 1. The second-order valence-electron chi connectivity index (χ2n) is 5.51. The van der Waals surface area contributed by atoms with Gasteiger partial charge >= 0.3 is 5.97 Å². The summed E-state index contributed by atoms with van der Waals surface area (Å²) in [4.78, 5) is 27.2. The van der Waals surface area contributed by atoms with Gasteiger partial charge in [0.25, 0.3) is 0 Å². The van der Waals surface area contributed by atoms with Crippen molar-refractivity contribution in [2.45, 2.75) is 26.4 Å². The number of esters is 1. The molecule has 3 atom stereocenters. The summed E-state index contributed by atoms with van der Waals surface area (Å²) >= 11 is 0. The van der Waals surface area contributed by atoms with Gasteiger partial charge in [-0.2, -0.15) is 0 Å². The quantitative estimate of drug-likeness (QED) is 0.687. The summed E-state index contributed by atoms with van der Waals surface area (Å²) in [5.74, 6) is -0.0478. The molecule has 104 valence electrons. The molecule has 1 heterocycles. The summed E-state index contributed by atoms with van der Waals surface area (Å²) in [5, 5.41) is 0.861. The minimum atomic E-state index is -0.741. The number of hydrogen-bond donors (Lipinski definition) is 1. The van der Waals surface area contributed by atoms with E-state index in [4.69, 9.17) is 4.74 Å². The number of ether oxygens (including phenoxy) is 1. The van der Waals surface area contributed by atoms with Crippen LogP contribution in [-0.2, 0) is 9.53 Å². The van der Waals surface area contributed by atoms with Crippen molar-refractivity contribution in [3.8, 4) is 0 Å². The lowest BCUT2D eigenvalue weighted by atomic mass is 10.1. The van der Waals surface area contributed by atoms with Crippen molar-refractivity contribution < 1.29 is 14.3 Å². The van der Waals surface area contributed by atoms with Gasteiger partial charge in [-0.15, -0.1) is 0 Å². The van der Waals surface area contributed by atoms with Crippen LogP contribution in [0.2, 0.25) is 0 Å². The molecule has 1 saturated carbocycles. The number of rotatable bonds is 4. The maximum Gasteiger partial charge on any atom is 0.309 e. The highest BCUT2D eigenvalue weighted by Gasteiger charge is 2.41. The first-order valence-corrected chi connectivity index (χ1v) is 6.88. The van der Waals surface area contributed by atoms with E-state index in [9.17, 15) is 9.59 Å². The molecule has 3 rings (SSSR count). The average Bonchev–Trinajstić information content (AvgIpc) is 3.02. The first kappa shape index (κ1) is 12.9. The Kier molecular flexibility index (Phi) is 3.08. The molecule has 4 nitrogen and oxygen atoms in total. The largest absolute Gasteiger partial charge is 0.454 e. The predicted octanol–water partition coefficient (Wildman–Crippen LogP) is 2.94. The lowest BCUT2D eigenvalue weighted by molar-refractivity contribution is -0.148. The molecular weight excluding hydrogens is 254 g/mol. The molecule has 1 aromatic heterocycles. The zero-order valence-corrected chi connectivity index (χ0v) is 11.6. The van der Waals surface area contributed by atoms with Crippen molar-refractivity contribution in [3.05, 3.63) is 36.0 Å². The van der Waals surface area contributed by atoms with Gasteiger partial charge in [0.2, 0.25) is 5.78 Å². The summed E-state index contributed by atoms with van der Waals surface area (Å²) in [6, 6.07) is 7.59. The van der Waals surface area contributed by atoms with Gasteiger partial charge in [-0.25, -0.2) is 0 Å². The second-order valence-corrected chi connectivity index (χ2v) is 5.51. The average molecular weight is 271 g/mol. The summed E-state index contributed by atoms with van der Waals surface area (Å²) < 4.78 is 5.28. The van der Waals surface area contributed by atoms with E-state index in [1.165, 1.54) is 0 Å². The fraction of sp³-hybridized carbons (Fsp3) is 0.375. The molecule has 0 aliphatic heterocycles. The molecule has 0 unspecified atom stereocenters. The number of carbonyl (C=O) groups is 2. The Morgan fingerprint density at radius 2 is 2.05 bits per heavy atom. The molecule has 0 saturated heterocycles. The lowest BCUT2D eigenvalue weighted by Crippen LogP contribution is -2.25. The van der Waals surface area contributed by atoms with Gasteiger partial charge in [0.15, 0.2) is 6.10 Å². The van der Waals surface area contributed by atoms with Gasteiger partial charge in [-0.1, -0.05) is 25.1 Å². The van der Waals surface area contributed by atoms with Gasteiger partial charge < -0.3 is 9.72 Å². The minimum Gasteiger partial charge on any atom is -0.454 e. The van der Waals surface area contributed by atoms with Crippen LogP contribution in [0.15, 0.2) is 30.5 Å². The Morgan fingerprint density at radius 1 is 1.35 bits per heavy atom. The van der Waals surface area contributed by atoms with E-state index in [1.807, 2.05) is 31.2 Å². The van der Waals surface area contributed by atoms with Crippen LogP contribution in [-0.4, -0.2) is 22.8 Å². The standard InChI is InChI=1S/C16H17NO3/c1-9-7-12(9)16(19)20-10(2)15(18)13-8-17-14-6-4-3-5-11(13)14/h3-6,8-10,12,17H,7H2,1-2H3/t9-,10+,12-/m1/s1. The lowest BCUT2D eigenvalue weighted by Gasteiger charge is -2.11. The molecule has 20 heavy (non-hydrogen) atoms. The first-order chi connectivity index (χ1) is 9.58. The summed E-state index contributed by atoms with van der Waals surface area (Å²) in [7, 11) is 0. The Labute approximate surface area is 117 Å². The number of ketones is 1. The monoisotopic (exact) mass is 271 g/mol. The first-order valence-electron chi connectivity index (χ1n) is 6.88. The van der Waals surface area contributed by atoms with Crippen molar-refractivity contribution in [1.29, 1.82) is 0 Å². The van der Waals surface area contributed by atoms with Crippen LogP contribution >= 0.6 is 0 Å². The summed E-state index contributed by atoms with van der Waals surface area (Å²) in [6.07, 6.45) is 1.80. The maximum atomic E-state index is 12.4. The zero-order chi connectivity index (χ0) is 14.3. The van der Waals surface area contributed by atoms with Gasteiger partial charge in [0.05, 0.1) is 5.92 Å². The van der Waals surface area contributed by atoms with Gasteiger partial charge in [-0.3, -0.25) is 9.59 Å². The van der Waals surface area contributed by atoms with E-state index in [0.717, 1.165) is 17.3 Å². The topological polar surface area (TPSA) is 59.2 Å². The van der Waals surface area contributed by atoms with E-state index in [-0.39, 0.29) is 17.7 Å². The van der Waals surface area contributed by atoms with Crippen molar-refractivity contribution in [2.24, 2.45) is 11.8 Å². The zero-order valence-electron chi connectivity index (χ0n) is 11.6. The van der Waals surface area contributed by atoms with Gasteiger partial charge in [-0.05, 0) is 25.3 Å². The molecule has 0 amide bonds. The number of H-pyrrole nitrogens is 1. The SMILES string of the molecule is C[C@H](OC(=O)[C@@H]1C[C@H]1C)C(=O)c1c[nH]c2ccccc12. The van der Waals surface area contributed by atoms with Crippen molar-refractivity contribution in [1.82, 2.24) is 4.98 Å². The van der Waals surface area contributed by atoms with Crippen molar-refractivity contribution >= 4 is 22.7 Å². The smallest absolute Gasteiger partial charge is 0.309 e. The van der Waals surface area contributed by atoms with Crippen LogP contribution in [0.4, 0.5) is 0 Å². The number of Topliss-reactive ketones (excluding diaryl/α,β-unsaturated/α-hetero) is 1. The van der Waals surface area contributed by atoms with E-state index in [1.54, 1.807) is 13.1 Å². The van der Waals surface area contributed by atoms with E-state index in [2.05, 4.69) is 4.98 Å². The molecule has 0 radical (unpaired) electrons. The van der Waals surface area contributed by atoms with Crippen LogP contribution < -0.4 is 0 Å². The Balaban J connectivity index is 1.76. The molecule has 1 aromatic carbocycles. The molecule has 0 spiro atoms. The summed E-state index contributed by atoms with van der Waals surface area (Å²) in [6.45, 7) is 3.65. The van der Waals surface area contributed by atoms with Crippen LogP contribution in [0, 0.1) is 11.8 Å². The highest BCUT2D eigenvalue weighted by Crippen LogP contribution is 2.39. The molecule has 1 aliphatic carbocycles. The minimum absolute atomic E-state index is 0.0202. The number of aromatic nitrogens is 1. The Morgan fingerprint density at radius 3 is 2.75 bits per heavy atom. The van der Waals surface area contributed by atoms with E-state index in [0.29, 0.717) is 11.5 Å². The number of benzene rings is 1. The molecule has 1 aliphatic rings. The Bertz CT molecular complexity index is 673. The normalized spacial score (nSPS) is 22.5. The predicted molar refractivity (Wildman–Crippen MR) is 75.5 cm³/mol. The third-order valence-electron chi connectivity index (χ3n) is 3.93. The number of para-hydroxylation sites is 1. The van der Waals surface area contributed by atoms with Crippen molar-refractivity contribution in [2.75, 3.05) is 0 Å². The van der Waals surface area contributed by atoms with Crippen LogP contribution in [0.3, 0.4) is 0 Å². The second kappa shape index (κ2) is 4.78. The molecule has 1 N–H and O–H groups in total. The number of carbonyl (C=O) groups excluding carboxylic acids is 2. The number of hydrogen-bond acceptors (Lipinski definition) is 3. The number of nitrogens with one attached hydrogen (secondary N) is 1. The van der Waals surface area contributed by atoms with Crippen LogP contribution in [0.5, 0.6) is 0 Å². The van der Waals surface area contributed by atoms with E-state index >= 15 is 0 Å². The molecular formula is C16H17NO3. The number of fused-ring (bicyclic) bond motifs is 1.